The van der Waals surface area contributed by atoms with Gasteiger partial charge in [0.05, 0.1) is 11.0 Å². The molecular formula is C16H27ClN2O3S. The first kappa shape index (κ1) is 20.2. The van der Waals surface area contributed by atoms with Crippen LogP contribution in [0.25, 0.3) is 0 Å². The van der Waals surface area contributed by atoms with Crippen molar-refractivity contribution < 1.29 is 13.2 Å². The lowest BCUT2D eigenvalue weighted by molar-refractivity contribution is 0.240. The lowest BCUT2D eigenvalue weighted by atomic mass is 10.1. The number of ether oxygens (including phenoxy) is 1. The molecule has 1 aliphatic heterocycles. The quantitative estimate of drug-likeness (QED) is 0.782. The van der Waals surface area contributed by atoms with E-state index in [-0.39, 0.29) is 18.5 Å². The molecule has 1 saturated heterocycles. The van der Waals surface area contributed by atoms with E-state index < -0.39 is 10.0 Å². The Morgan fingerprint density at radius 1 is 1.39 bits per heavy atom. The molecule has 0 amide bonds. The fraction of sp³-hybridized carbons (Fsp3) is 0.625. The largest absolute Gasteiger partial charge is 0.491 e. The van der Waals surface area contributed by atoms with E-state index in [9.17, 15) is 8.42 Å². The highest BCUT2D eigenvalue weighted by molar-refractivity contribution is 7.89. The molecule has 0 aromatic heterocycles. The summed E-state index contributed by atoms with van der Waals surface area (Å²) in [6.45, 7) is 8.27. The van der Waals surface area contributed by atoms with Crippen LogP contribution in [0, 0.1) is 12.8 Å². The predicted molar refractivity (Wildman–Crippen MR) is 95.0 cm³/mol. The second kappa shape index (κ2) is 8.87. The zero-order chi connectivity index (χ0) is 16.2. The first-order valence-electron chi connectivity index (χ1n) is 7.86. The van der Waals surface area contributed by atoms with Crippen molar-refractivity contribution in [1.29, 1.82) is 0 Å². The Hall–Kier alpha value is -0.820. The Balaban J connectivity index is 0.00000264. The van der Waals surface area contributed by atoms with Crippen molar-refractivity contribution in [3.63, 3.8) is 0 Å². The predicted octanol–water partition coefficient (Wildman–Crippen LogP) is 2.48. The number of nitrogens with one attached hydrogen (secondary N) is 2. The van der Waals surface area contributed by atoms with E-state index in [0.29, 0.717) is 17.4 Å². The molecule has 1 aromatic carbocycles. The Kier molecular flexibility index (Phi) is 7.80. The van der Waals surface area contributed by atoms with Crippen LogP contribution in [-0.4, -0.2) is 34.2 Å². The molecule has 7 heteroatoms. The van der Waals surface area contributed by atoms with E-state index in [4.69, 9.17) is 4.74 Å². The summed E-state index contributed by atoms with van der Waals surface area (Å²) in [5, 5.41) is 3.29. The third kappa shape index (κ3) is 5.95. The van der Waals surface area contributed by atoms with Crippen LogP contribution in [0.3, 0.4) is 0 Å². The van der Waals surface area contributed by atoms with Gasteiger partial charge in [-0.2, -0.15) is 0 Å². The highest BCUT2D eigenvalue weighted by Gasteiger charge is 2.18. The summed E-state index contributed by atoms with van der Waals surface area (Å²) < 4.78 is 33.0. The maximum atomic E-state index is 12.3. The van der Waals surface area contributed by atoms with Crippen molar-refractivity contribution in [2.45, 2.75) is 44.6 Å². The van der Waals surface area contributed by atoms with Crippen LogP contribution in [0.5, 0.6) is 5.75 Å². The third-order valence-corrected chi connectivity index (χ3v) is 5.29. The minimum Gasteiger partial charge on any atom is -0.491 e. The van der Waals surface area contributed by atoms with Gasteiger partial charge in [0.15, 0.2) is 0 Å². The van der Waals surface area contributed by atoms with Crippen LogP contribution in [0.15, 0.2) is 23.1 Å². The molecule has 5 nitrogen and oxygen atoms in total. The van der Waals surface area contributed by atoms with Crippen LogP contribution in [0.2, 0.25) is 0 Å². The smallest absolute Gasteiger partial charge is 0.240 e. The molecule has 0 bridgehead atoms. The Bertz CT molecular complexity index is 599. The normalized spacial score (nSPS) is 18.0. The van der Waals surface area contributed by atoms with Gasteiger partial charge in [-0.05, 0) is 76.4 Å². The Labute approximate surface area is 145 Å². The van der Waals surface area contributed by atoms with Crippen molar-refractivity contribution >= 4 is 22.4 Å². The van der Waals surface area contributed by atoms with Gasteiger partial charge in [-0.15, -0.1) is 12.4 Å². The fourth-order valence-electron chi connectivity index (χ4n) is 2.62. The third-order valence-electron chi connectivity index (χ3n) is 3.83. The first-order valence-corrected chi connectivity index (χ1v) is 9.34. The molecule has 1 aromatic rings. The van der Waals surface area contributed by atoms with E-state index in [1.54, 1.807) is 18.2 Å². The van der Waals surface area contributed by atoms with Gasteiger partial charge < -0.3 is 10.1 Å². The molecular weight excluding hydrogens is 336 g/mol. The highest BCUT2D eigenvalue weighted by atomic mass is 35.5. The monoisotopic (exact) mass is 362 g/mol. The minimum absolute atomic E-state index is 0. The van der Waals surface area contributed by atoms with Gasteiger partial charge in [0, 0.05) is 6.54 Å². The number of halogens is 1. The van der Waals surface area contributed by atoms with Gasteiger partial charge in [-0.3, -0.25) is 0 Å². The summed E-state index contributed by atoms with van der Waals surface area (Å²) in [6, 6.07) is 4.99. The topological polar surface area (TPSA) is 67.4 Å². The van der Waals surface area contributed by atoms with Gasteiger partial charge >= 0.3 is 0 Å². The van der Waals surface area contributed by atoms with Gasteiger partial charge in [-0.25, -0.2) is 13.1 Å². The number of benzene rings is 1. The molecule has 2 rings (SSSR count). The van der Waals surface area contributed by atoms with E-state index >= 15 is 0 Å². The molecule has 2 N–H and O–H groups in total. The average Bonchev–Trinajstić information content (AvgIpc) is 2.93. The summed E-state index contributed by atoms with van der Waals surface area (Å²) in [5.74, 6) is 1.30. The minimum atomic E-state index is -3.45. The number of aryl methyl sites for hydroxylation is 1. The van der Waals surface area contributed by atoms with Crippen LogP contribution < -0.4 is 14.8 Å². The standard InChI is InChI=1S/C16H26N2O3S.ClH/c1-12(2)21-16-5-4-15(10-13(16)3)22(19,20)18-9-7-14-6-8-17-11-14;/h4-5,10,12,14,17-18H,6-9,11H2,1-3H3;1H. The first-order chi connectivity index (χ1) is 10.4. The van der Waals surface area contributed by atoms with Gasteiger partial charge in [0.25, 0.3) is 0 Å². The molecule has 1 unspecified atom stereocenters. The van der Waals surface area contributed by atoms with Crippen LogP contribution in [0.1, 0.15) is 32.3 Å². The maximum absolute atomic E-state index is 12.3. The Morgan fingerprint density at radius 2 is 2.13 bits per heavy atom. The number of rotatable bonds is 7. The lowest BCUT2D eigenvalue weighted by Gasteiger charge is -2.14. The summed E-state index contributed by atoms with van der Waals surface area (Å²) in [5.41, 5.74) is 0.830. The maximum Gasteiger partial charge on any atom is 0.240 e. The van der Waals surface area contributed by atoms with Gasteiger partial charge in [-0.1, -0.05) is 0 Å². The van der Waals surface area contributed by atoms with Gasteiger partial charge in [0.1, 0.15) is 5.75 Å². The number of hydrogen-bond donors (Lipinski definition) is 2. The lowest BCUT2D eigenvalue weighted by Crippen LogP contribution is -2.26. The van der Waals surface area contributed by atoms with Crippen molar-refractivity contribution in [1.82, 2.24) is 10.0 Å². The summed E-state index contributed by atoms with van der Waals surface area (Å²) >= 11 is 0. The van der Waals surface area contributed by atoms with Crippen molar-refractivity contribution in [3.8, 4) is 5.75 Å². The van der Waals surface area contributed by atoms with Crippen LogP contribution >= 0.6 is 12.4 Å². The number of sulfonamides is 1. The second-order valence-corrected chi connectivity index (χ2v) is 7.91. The van der Waals surface area contributed by atoms with E-state index in [2.05, 4.69) is 10.0 Å². The van der Waals surface area contributed by atoms with Crippen molar-refractivity contribution in [2.24, 2.45) is 5.92 Å². The van der Waals surface area contributed by atoms with Gasteiger partial charge in [0.2, 0.25) is 10.0 Å². The van der Waals surface area contributed by atoms with Crippen molar-refractivity contribution in [3.05, 3.63) is 23.8 Å². The summed E-state index contributed by atoms with van der Waals surface area (Å²) in [4.78, 5) is 0.297. The molecule has 1 fully saturated rings. The molecule has 0 aliphatic carbocycles. The Morgan fingerprint density at radius 3 is 2.70 bits per heavy atom. The molecule has 1 aliphatic rings. The van der Waals surface area contributed by atoms with E-state index in [0.717, 1.165) is 37.2 Å². The average molecular weight is 363 g/mol. The summed E-state index contributed by atoms with van der Waals surface area (Å²) in [6.07, 6.45) is 2.07. The van der Waals surface area contributed by atoms with E-state index in [1.165, 1.54) is 0 Å². The SMILES string of the molecule is Cc1cc(S(=O)(=O)NCCC2CCNC2)ccc1OC(C)C.Cl. The molecule has 0 saturated carbocycles. The number of hydrogen-bond acceptors (Lipinski definition) is 4. The molecule has 1 atom stereocenters. The van der Waals surface area contributed by atoms with Crippen LogP contribution in [-0.2, 0) is 10.0 Å². The summed E-state index contributed by atoms with van der Waals surface area (Å²) in [7, 11) is -3.45. The zero-order valence-corrected chi connectivity index (χ0v) is 15.6. The highest BCUT2D eigenvalue weighted by Crippen LogP contribution is 2.23. The van der Waals surface area contributed by atoms with Crippen molar-refractivity contribution in [2.75, 3.05) is 19.6 Å². The molecule has 1 heterocycles. The van der Waals surface area contributed by atoms with E-state index in [1.807, 2.05) is 20.8 Å². The fourth-order valence-corrected chi connectivity index (χ4v) is 3.75. The van der Waals surface area contributed by atoms with Crippen LogP contribution in [0.4, 0.5) is 0 Å². The molecule has 0 radical (unpaired) electrons. The second-order valence-electron chi connectivity index (χ2n) is 6.14. The molecule has 23 heavy (non-hydrogen) atoms. The molecule has 132 valence electrons. The molecule has 0 spiro atoms. The zero-order valence-electron chi connectivity index (χ0n) is 14.0.